The Labute approximate surface area is 93.0 Å². The number of hydrogen-bond donors (Lipinski definition) is 1. The second-order valence-electron chi connectivity index (χ2n) is 3.01. The van der Waals surface area contributed by atoms with Gasteiger partial charge in [-0.15, -0.1) is 23.2 Å². The Kier molecular flexibility index (Phi) is 4.23. The molecule has 0 atom stereocenters. The molecule has 0 aliphatic carbocycles. The van der Waals surface area contributed by atoms with Crippen LogP contribution in [0.5, 0.6) is 0 Å². The predicted molar refractivity (Wildman–Crippen MR) is 59.8 cm³/mol. The van der Waals surface area contributed by atoms with Crippen LogP contribution < -0.4 is 5.73 Å². The number of Topliss-reactive ketones (excluding diaryl/α,β-unsaturated/α-hetero) is 1. The molecule has 0 radical (unpaired) electrons. The monoisotopic (exact) mass is 231 g/mol. The van der Waals surface area contributed by atoms with E-state index in [1.54, 1.807) is 12.1 Å². The summed E-state index contributed by atoms with van der Waals surface area (Å²) in [4.78, 5) is 11.1. The fourth-order valence-electron chi connectivity index (χ4n) is 1.20. The topological polar surface area (TPSA) is 43.1 Å². The van der Waals surface area contributed by atoms with Crippen molar-refractivity contribution >= 4 is 34.7 Å². The number of carbonyl (C=O) groups is 1. The van der Waals surface area contributed by atoms with Gasteiger partial charge in [0.1, 0.15) is 0 Å². The van der Waals surface area contributed by atoms with Gasteiger partial charge in [0.2, 0.25) is 0 Å². The third-order valence-electron chi connectivity index (χ3n) is 1.91. The molecule has 0 saturated heterocycles. The zero-order valence-electron chi connectivity index (χ0n) is 7.59. The van der Waals surface area contributed by atoms with Crippen molar-refractivity contribution in [3.63, 3.8) is 0 Å². The van der Waals surface area contributed by atoms with Gasteiger partial charge in [0.15, 0.2) is 5.78 Å². The summed E-state index contributed by atoms with van der Waals surface area (Å²) in [6.07, 6.45) is 0.325. The van der Waals surface area contributed by atoms with Gasteiger partial charge < -0.3 is 5.73 Å². The molecule has 4 heteroatoms. The predicted octanol–water partition coefficient (Wildman–Crippen LogP) is 2.36. The molecule has 2 N–H and O–H groups in total. The summed E-state index contributed by atoms with van der Waals surface area (Å²) in [5, 5.41) is 0. The van der Waals surface area contributed by atoms with Gasteiger partial charge in [0, 0.05) is 18.0 Å². The maximum absolute atomic E-state index is 11.1. The van der Waals surface area contributed by atoms with E-state index in [9.17, 15) is 4.79 Å². The molecule has 0 aromatic heterocycles. The van der Waals surface area contributed by atoms with Crippen LogP contribution in [0.3, 0.4) is 0 Å². The van der Waals surface area contributed by atoms with Gasteiger partial charge in [-0.25, -0.2) is 0 Å². The number of nitrogens with two attached hydrogens (primary N) is 1. The van der Waals surface area contributed by atoms with E-state index in [1.165, 1.54) is 0 Å². The number of ketones is 1. The second-order valence-corrected chi connectivity index (χ2v) is 3.55. The summed E-state index contributed by atoms with van der Waals surface area (Å²) in [6, 6.07) is 5.36. The van der Waals surface area contributed by atoms with Crippen molar-refractivity contribution in [2.24, 2.45) is 0 Å². The number of hydrogen-bond acceptors (Lipinski definition) is 2. The van der Waals surface area contributed by atoms with Crippen LogP contribution in [-0.2, 0) is 17.1 Å². The first kappa shape index (κ1) is 11.3. The summed E-state index contributed by atoms with van der Waals surface area (Å²) in [5.41, 5.74) is 8.05. The van der Waals surface area contributed by atoms with Crippen molar-refractivity contribution in [1.82, 2.24) is 0 Å². The molecule has 0 heterocycles. The van der Waals surface area contributed by atoms with E-state index in [4.69, 9.17) is 28.9 Å². The van der Waals surface area contributed by atoms with Crippen LogP contribution in [0.4, 0.5) is 5.69 Å². The van der Waals surface area contributed by atoms with E-state index in [0.29, 0.717) is 18.0 Å². The molecule has 0 saturated carbocycles. The van der Waals surface area contributed by atoms with E-state index in [-0.39, 0.29) is 11.7 Å². The quantitative estimate of drug-likeness (QED) is 0.639. The number of carbonyl (C=O) groups excluding carboxylic acids is 1. The Morgan fingerprint density at radius 1 is 1.29 bits per heavy atom. The number of halogens is 2. The highest BCUT2D eigenvalue weighted by atomic mass is 35.5. The van der Waals surface area contributed by atoms with Crippen molar-refractivity contribution in [1.29, 1.82) is 0 Å². The van der Waals surface area contributed by atoms with Crippen molar-refractivity contribution < 1.29 is 4.79 Å². The lowest BCUT2D eigenvalue weighted by atomic mass is 10.0. The molecule has 1 aromatic rings. The number of alkyl halides is 2. The van der Waals surface area contributed by atoms with Crippen LogP contribution in [-0.4, -0.2) is 11.7 Å². The lowest BCUT2D eigenvalue weighted by Gasteiger charge is -2.06. The Bertz CT molecular complexity index is 339. The van der Waals surface area contributed by atoms with Crippen molar-refractivity contribution in [3.05, 3.63) is 29.3 Å². The highest BCUT2D eigenvalue weighted by molar-refractivity contribution is 6.27. The summed E-state index contributed by atoms with van der Waals surface area (Å²) in [5.74, 6) is 0.380. The zero-order chi connectivity index (χ0) is 10.6. The molecule has 1 rings (SSSR count). The lowest BCUT2D eigenvalue weighted by Crippen LogP contribution is -2.06. The van der Waals surface area contributed by atoms with Gasteiger partial charge in [0.05, 0.1) is 5.88 Å². The number of benzene rings is 1. The average molecular weight is 232 g/mol. The minimum absolute atomic E-state index is 0.0113. The first-order chi connectivity index (χ1) is 6.67. The summed E-state index contributed by atoms with van der Waals surface area (Å²) < 4.78 is 0. The maximum atomic E-state index is 11.1. The SMILES string of the molecule is Nc1ccc(CC(=O)CCl)c(CCl)c1. The van der Waals surface area contributed by atoms with E-state index in [1.807, 2.05) is 6.07 Å². The molecule has 14 heavy (non-hydrogen) atoms. The molecule has 0 fully saturated rings. The highest BCUT2D eigenvalue weighted by Crippen LogP contribution is 2.16. The number of anilines is 1. The van der Waals surface area contributed by atoms with E-state index < -0.39 is 0 Å². The van der Waals surface area contributed by atoms with Gasteiger partial charge in [-0.2, -0.15) is 0 Å². The molecule has 2 nitrogen and oxygen atoms in total. The van der Waals surface area contributed by atoms with Gasteiger partial charge in [0.25, 0.3) is 0 Å². The first-order valence-electron chi connectivity index (χ1n) is 4.18. The molecule has 0 amide bonds. The average Bonchev–Trinajstić information content (AvgIpc) is 2.20. The standard InChI is InChI=1S/C10H11Cl2NO/c11-5-8-3-9(13)2-1-7(8)4-10(14)6-12/h1-3H,4-6,13H2. The molecule has 0 unspecified atom stereocenters. The fraction of sp³-hybridized carbons (Fsp3) is 0.300. The highest BCUT2D eigenvalue weighted by Gasteiger charge is 2.06. The summed E-state index contributed by atoms with van der Waals surface area (Å²) in [6.45, 7) is 0. The van der Waals surface area contributed by atoms with Crippen molar-refractivity contribution in [3.8, 4) is 0 Å². The van der Waals surface area contributed by atoms with Gasteiger partial charge in [-0.05, 0) is 23.3 Å². The largest absolute Gasteiger partial charge is 0.399 e. The molecular formula is C10H11Cl2NO. The van der Waals surface area contributed by atoms with Crippen molar-refractivity contribution in [2.45, 2.75) is 12.3 Å². The normalized spacial score (nSPS) is 10.1. The van der Waals surface area contributed by atoms with Gasteiger partial charge in [-0.1, -0.05) is 6.07 Å². The molecule has 76 valence electrons. The zero-order valence-corrected chi connectivity index (χ0v) is 9.11. The van der Waals surface area contributed by atoms with Gasteiger partial charge >= 0.3 is 0 Å². The van der Waals surface area contributed by atoms with Crippen LogP contribution in [0, 0.1) is 0 Å². The molecule has 0 spiro atoms. The van der Waals surface area contributed by atoms with Crippen LogP contribution in [0.2, 0.25) is 0 Å². The first-order valence-corrected chi connectivity index (χ1v) is 5.25. The van der Waals surface area contributed by atoms with Crippen LogP contribution in [0.15, 0.2) is 18.2 Å². The Morgan fingerprint density at radius 3 is 2.57 bits per heavy atom. The molecular weight excluding hydrogens is 221 g/mol. The molecule has 1 aromatic carbocycles. The molecule has 0 aliphatic rings. The van der Waals surface area contributed by atoms with E-state index in [2.05, 4.69) is 0 Å². The van der Waals surface area contributed by atoms with E-state index in [0.717, 1.165) is 11.1 Å². The Morgan fingerprint density at radius 2 is 2.00 bits per heavy atom. The van der Waals surface area contributed by atoms with Crippen LogP contribution in [0.25, 0.3) is 0 Å². The van der Waals surface area contributed by atoms with Gasteiger partial charge in [-0.3, -0.25) is 4.79 Å². The minimum atomic E-state index is -0.0113. The lowest BCUT2D eigenvalue weighted by molar-refractivity contribution is -0.116. The van der Waals surface area contributed by atoms with Crippen LogP contribution in [0.1, 0.15) is 11.1 Å². The smallest absolute Gasteiger partial charge is 0.151 e. The van der Waals surface area contributed by atoms with Crippen LogP contribution >= 0.6 is 23.2 Å². The number of rotatable bonds is 4. The third-order valence-corrected chi connectivity index (χ3v) is 2.50. The van der Waals surface area contributed by atoms with Crippen molar-refractivity contribution in [2.75, 3.05) is 11.6 Å². The Balaban J connectivity index is 2.90. The number of nitrogen functional groups attached to an aromatic ring is 1. The third kappa shape index (κ3) is 2.89. The Hall–Kier alpha value is -0.730. The minimum Gasteiger partial charge on any atom is -0.399 e. The molecule has 0 aliphatic heterocycles. The van der Waals surface area contributed by atoms with E-state index >= 15 is 0 Å². The maximum Gasteiger partial charge on any atom is 0.151 e. The summed E-state index contributed by atoms with van der Waals surface area (Å²) >= 11 is 11.2. The molecule has 0 bridgehead atoms. The fourth-order valence-corrected chi connectivity index (χ4v) is 1.55. The second kappa shape index (κ2) is 5.23. The summed E-state index contributed by atoms with van der Waals surface area (Å²) in [7, 11) is 0.